The summed E-state index contributed by atoms with van der Waals surface area (Å²) < 4.78 is 153. The number of hydrogen-bond acceptors (Lipinski definition) is 34. The maximum Gasteiger partial charge on any atom is 0.500 e. The van der Waals surface area contributed by atoms with Crippen molar-refractivity contribution < 1.29 is 126 Å². The number of anilines is 3. The molecule has 6 aromatic heterocycles. The average molecular weight is 1400 g/mol. The van der Waals surface area contributed by atoms with Gasteiger partial charge in [0.1, 0.15) is 79.1 Å². The Hall–Kier alpha value is -6.42. The van der Waals surface area contributed by atoms with E-state index in [-0.39, 0.29) is 57.8 Å². The van der Waals surface area contributed by atoms with Crippen LogP contribution in [0.2, 0.25) is 0 Å². The molecule has 0 radical (unpaired) electrons. The van der Waals surface area contributed by atoms with Gasteiger partial charge in [-0.15, -0.1) is 0 Å². The zero-order chi connectivity index (χ0) is 66.4. The molecule has 0 saturated carbocycles. The van der Waals surface area contributed by atoms with Gasteiger partial charge in [0.2, 0.25) is 24.2 Å². The van der Waals surface area contributed by atoms with E-state index in [4.69, 9.17) is 91.3 Å². The highest BCUT2D eigenvalue weighted by Crippen LogP contribution is 2.56. The Morgan fingerprint density at radius 1 is 0.656 bits per heavy atom. The van der Waals surface area contributed by atoms with Crippen molar-refractivity contribution in [2.24, 2.45) is 0 Å². The lowest BCUT2D eigenvalue weighted by atomic mass is 10.1. The van der Waals surface area contributed by atoms with Crippen LogP contribution in [0.4, 0.5) is 22.5 Å². The number of methoxy groups -OCH3 is 3. The molecule has 4 bridgehead atoms. The van der Waals surface area contributed by atoms with Gasteiger partial charge in [0.15, 0.2) is 58.6 Å². The van der Waals surface area contributed by atoms with Gasteiger partial charge in [-0.3, -0.25) is 69.4 Å². The number of fused-ring (bicyclic) bond motifs is 8. The number of H-pyrrole nitrogens is 2. The minimum absolute atomic E-state index is 0.00511. The van der Waals surface area contributed by atoms with E-state index in [1.54, 1.807) is 0 Å². The number of nitrogens with zero attached hydrogens (tertiary/aromatic N) is 11. The van der Waals surface area contributed by atoms with Crippen molar-refractivity contribution in [3.63, 3.8) is 0 Å². The van der Waals surface area contributed by atoms with Crippen LogP contribution in [-0.4, -0.2) is 234 Å². The predicted molar refractivity (Wildman–Crippen MR) is 300 cm³/mol. The lowest BCUT2D eigenvalue weighted by Crippen LogP contribution is -2.58. The molecule has 6 aliphatic heterocycles. The number of nitrogens with two attached hydrogens (primary N) is 3. The third kappa shape index (κ3) is 13.0. The number of urea groups is 1. The summed E-state index contributed by atoms with van der Waals surface area (Å²) >= 11 is 0. The van der Waals surface area contributed by atoms with E-state index in [2.05, 4.69) is 50.2 Å². The maximum absolute atomic E-state index is 14.5. The molecule has 0 spiro atoms. The molecule has 506 valence electrons. The monoisotopic (exact) mass is 1400 g/mol. The van der Waals surface area contributed by atoms with E-state index < -0.39 is 178 Å². The van der Waals surface area contributed by atoms with E-state index in [9.17, 15) is 57.0 Å². The van der Waals surface area contributed by atoms with Crippen molar-refractivity contribution in [1.29, 1.82) is 0 Å². The summed E-state index contributed by atoms with van der Waals surface area (Å²) in [7, 11) is -18.2. The quantitative estimate of drug-likeness (QED) is 0.0278. The van der Waals surface area contributed by atoms with Crippen molar-refractivity contribution >= 4 is 101 Å². The smallest absolute Gasteiger partial charge is 0.382 e. The van der Waals surface area contributed by atoms with Crippen LogP contribution in [0.15, 0.2) is 34.9 Å². The molecule has 93 heavy (non-hydrogen) atoms. The summed E-state index contributed by atoms with van der Waals surface area (Å²) in [6.45, 7) is -0.738. The highest BCUT2D eigenvalue weighted by Gasteiger charge is 2.60. The molecule has 12 rings (SSSR count). The zero-order valence-corrected chi connectivity index (χ0v) is 52.1. The number of ether oxygens (including phenoxy) is 8. The van der Waals surface area contributed by atoms with Gasteiger partial charge in [0.05, 0.1) is 51.5 Å². The molecule has 6 aliphatic rings. The first-order chi connectivity index (χ1) is 44.1. The van der Waals surface area contributed by atoms with Crippen molar-refractivity contribution in [2.75, 3.05) is 65.0 Å². The Morgan fingerprint density at radius 2 is 1.19 bits per heavy atom. The molecule has 21 atom stereocenters. The summed E-state index contributed by atoms with van der Waals surface area (Å²) in [5.74, 6) is -1.87. The second kappa shape index (κ2) is 25.6. The van der Waals surface area contributed by atoms with E-state index in [0.29, 0.717) is 0 Å². The molecule has 4 saturated heterocycles. The molecule has 12 heterocycles. The lowest BCUT2D eigenvalue weighted by molar-refractivity contribution is -0.537. The van der Waals surface area contributed by atoms with Crippen LogP contribution in [0.3, 0.4) is 0 Å². The minimum atomic E-state index is -5.68. The second-order valence-corrected chi connectivity index (χ2v) is 26.6. The molecule has 0 aliphatic carbocycles. The number of amides is 3. The van der Waals surface area contributed by atoms with Gasteiger partial charge >= 0.3 is 43.2 Å². The van der Waals surface area contributed by atoms with E-state index >= 15 is 0 Å². The van der Waals surface area contributed by atoms with E-state index in [1.807, 2.05) is 0 Å². The van der Waals surface area contributed by atoms with Crippen LogP contribution < -0.4 is 33.6 Å². The molecular weight excluding hydrogens is 1340 g/mol. The van der Waals surface area contributed by atoms with Gasteiger partial charge in [-0.2, -0.15) is 24.7 Å². The fraction of sp³-hybridized carbons (Fsp3) is 0.591. The van der Waals surface area contributed by atoms with Gasteiger partial charge in [0.25, 0.3) is 11.1 Å². The first-order valence-corrected chi connectivity index (χ1v) is 33.4. The third-order valence-corrected chi connectivity index (χ3v) is 19.4. The van der Waals surface area contributed by atoms with Crippen LogP contribution in [0.1, 0.15) is 32.5 Å². The SMILES string of the molecule is CCOP(=O)(O)OC1C(OC)[C@H](n2cnc3c(=O)[nH]c(N)nc32)O[C@@H]1COP(=O)(O)OC1C(OC)[C@H]2O[C@@H]1COP(=O)(O)OC1[C@@H](COP(=O)(O)OC3C(OC)[C@H](n4cnc5c(=O)[nH]c(N)nc54)O[C@@H]3C)O[C@@H](n3cnc4c(N)ncnc43)[C@H]1OC1C=[N+]2C(=O)NC1=O. The maximum atomic E-state index is 14.5. The lowest BCUT2D eigenvalue weighted by Gasteiger charge is -2.30. The van der Waals surface area contributed by atoms with Crippen molar-refractivity contribution in [3.05, 3.63) is 46.0 Å². The second-order valence-electron chi connectivity index (χ2n) is 21.0. The summed E-state index contributed by atoms with van der Waals surface area (Å²) in [4.78, 5) is 132. The number of carbonyl (C=O) groups excluding carboxylic acids is 2. The molecule has 3 amide bonds. The predicted octanol–water partition coefficient (Wildman–Crippen LogP) is -2.55. The fourth-order valence-electron chi connectivity index (χ4n) is 11.4. The first kappa shape index (κ1) is 66.6. The number of phosphoric ester groups is 4. The first-order valence-electron chi connectivity index (χ1n) is 27.5. The Labute approximate surface area is 518 Å². The van der Waals surface area contributed by atoms with Crippen molar-refractivity contribution in [3.8, 4) is 0 Å². The fourth-order valence-corrected chi connectivity index (χ4v) is 15.2. The number of carbonyl (C=O) groups is 2. The summed E-state index contributed by atoms with van der Waals surface area (Å²) in [5, 5.41) is 2.10. The number of nitrogen functional groups attached to an aromatic ring is 3. The molecular formula is C44H58N17O28P4+. The number of hydrogen-bond donors (Lipinski definition) is 10. The zero-order valence-electron chi connectivity index (χ0n) is 48.6. The number of imidazole rings is 3. The van der Waals surface area contributed by atoms with Crippen molar-refractivity contribution in [1.82, 2.24) is 63.9 Å². The van der Waals surface area contributed by atoms with Gasteiger partial charge in [-0.25, -0.2) is 48.0 Å². The third-order valence-electron chi connectivity index (χ3n) is 15.3. The Bertz CT molecular complexity index is 4230. The normalized spacial score (nSPS) is 34.4. The number of phosphoric acid groups is 4. The molecule has 12 unspecified atom stereocenters. The van der Waals surface area contributed by atoms with Crippen molar-refractivity contribution in [2.45, 2.75) is 118 Å². The summed E-state index contributed by atoms with van der Waals surface area (Å²) in [6, 6.07) is -1.20. The standard InChI is InChI=1S/C44H57N17O28P4/c1-6-77-90(66,67)87-25-18(84-40(29(25)76-5)61-14-52-22-34(61)54-43(47)56-37(22)64)9-79-92(70,71)88-24-17-8-80-93(72,73)89-26-19(10-78-91(68,69)86-23-15(2)81-39(27(23)74-3)60-13-51-21-33(60)53-42(46)55-36(21)63)85-41(59-12-50-20-31(45)48-11-49-32(20)59)30(26)82-16-7-58(44(65)57-35(16)62)38(83-17)28(24)75-4/h7,11-19,23-30,38-41H,6,8-10H2,1-5H3,(H12-,45,46,47,48,49,53,54,55,56,57,62,63,64,65,66,67,68,69,70,71,72,73)/p+1/t15-,16?,17-,18-,19-,23?,24?,25?,26?,27?,28?,29?,30+,38-,39-,40-,41-/m1/s1. The van der Waals surface area contributed by atoms with Crippen LogP contribution in [0.25, 0.3) is 33.5 Å². The van der Waals surface area contributed by atoms with Crippen LogP contribution in [-0.2, 0) is 97.1 Å². The van der Waals surface area contributed by atoms with Gasteiger partial charge in [0, 0.05) is 21.3 Å². The summed E-state index contributed by atoms with van der Waals surface area (Å²) in [6.07, 6.45) is -22.4. The Kier molecular flexibility index (Phi) is 18.3. The van der Waals surface area contributed by atoms with Gasteiger partial charge in [-0.05, 0) is 13.8 Å². The number of aromatic nitrogens is 12. The summed E-state index contributed by atoms with van der Waals surface area (Å²) in [5.41, 5.74) is 15.8. The molecule has 49 heteroatoms. The number of nitrogens with one attached hydrogen (secondary N) is 3. The topological polar surface area (TPSA) is 595 Å². The Balaban J connectivity index is 0.824. The molecule has 45 nitrogen and oxygen atoms in total. The van der Waals surface area contributed by atoms with Gasteiger partial charge < -0.3 is 74.7 Å². The van der Waals surface area contributed by atoms with Gasteiger partial charge in [-0.1, -0.05) is 0 Å². The molecule has 4 fully saturated rings. The average Bonchev–Trinajstić information content (AvgIpc) is 1.64. The Morgan fingerprint density at radius 3 is 1.81 bits per heavy atom. The molecule has 13 N–H and O–H groups in total. The highest BCUT2D eigenvalue weighted by molar-refractivity contribution is 7.48. The number of imide groups is 1. The number of rotatable bonds is 20. The largest absolute Gasteiger partial charge is 0.500 e. The van der Waals surface area contributed by atoms with Crippen LogP contribution in [0, 0.1) is 0 Å². The van der Waals surface area contributed by atoms with Crippen LogP contribution in [0.5, 0.6) is 0 Å². The van der Waals surface area contributed by atoms with E-state index in [0.717, 1.165) is 44.0 Å². The highest BCUT2D eigenvalue weighted by atomic mass is 31.2. The number of aromatic amines is 2. The molecule has 6 aromatic rings. The van der Waals surface area contributed by atoms with Crippen LogP contribution >= 0.6 is 31.3 Å². The molecule has 0 aromatic carbocycles. The van der Waals surface area contributed by atoms with E-state index in [1.165, 1.54) is 41.0 Å². The minimum Gasteiger partial charge on any atom is -0.382 e.